The molecule has 1 nitrogen and oxygen atoms in total. The van der Waals surface area contributed by atoms with Gasteiger partial charge in [-0.2, -0.15) is 0 Å². The Morgan fingerprint density at radius 1 is 0.941 bits per heavy atom. The van der Waals surface area contributed by atoms with Crippen LogP contribution in [0.5, 0.6) is 0 Å². The van der Waals surface area contributed by atoms with E-state index in [4.69, 9.17) is 0 Å². The van der Waals surface area contributed by atoms with Gasteiger partial charge in [-0.3, -0.25) is 4.79 Å². The van der Waals surface area contributed by atoms with Gasteiger partial charge in [-0.05, 0) is 18.1 Å². The van der Waals surface area contributed by atoms with Crippen LogP contribution in [-0.2, 0) is 4.79 Å². The summed E-state index contributed by atoms with van der Waals surface area (Å²) in [5.74, 6) is -10.2. The van der Waals surface area contributed by atoms with Crippen molar-refractivity contribution in [2.24, 2.45) is 0 Å². The minimum Gasteiger partial charge on any atom is -0.298 e. The Balaban J connectivity index is 3.55. The third-order valence-electron chi connectivity index (χ3n) is 2.13. The Bertz CT molecular complexity index is 464. The maximum atomic E-state index is 13.2. The standard InChI is InChI=1S/C11H7F5O/c1-2-5(4-17)3-6-7(12)9(14)11(16)10(15)8(6)13/h3-4H,2H2,1H3. The largest absolute Gasteiger partial charge is 0.298 e. The van der Waals surface area contributed by atoms with E-state index in [2.05, 4.69) is 0 Å². The Hall–Kier alpha value is -1.72. The molecule has 0 unspecified atom stereocenters. The van der Waals surface area contributed by atoms with Crippen LogP contribution < -0.4 is 0 Å². The maximum absolute atomic E-state index is 13.2. The molecule has 0 amide bonds. The van der Waals surface area contributed by atoms with Crippen molar-refractivity contribution >= 4 is 12.4 Å². The molecular formula is C11H7F5O. The van der Waals surface area contributed by atoms with Gasteiger partial charge < -0.3 is 0 Å². The van der Waals surface area contributed by atoms with Gasteiger partial charge in [0.1, 0.15) is 6.29 Å². The highest BCUT2D eigenvalue weighted by Gasteiger charge is 2.24. The van der Waals surface area contributed by atoms with Gasteiger partial charge in [-0.25, -0.2) is 22.0 Å². The lowest BCUT2D eigenvalue weighted by molar-refractivity contribution is -0.104. The fraction of sp³-hybridized carbons (Fsp3) is 0.182. The molecule has 17 heavy (non-hydrogen) atoms. The molecule has 0 aromatic heterocycles. The molecule has 0 aliphatic heterocycles. The molecule has 0 saturated heterocycles. The van der Waals surface area contributed by atoms with Crippen molar-refractivity contribution < 1.29 is 26.7 Å². The molecule has 0 radical (unpaired) electrons. The van der Waals surface area contributed by atoms with Crippen molar-refractivity contribution in [3.8, 4) is 0 Å². The fourth-order valence-electron chi connectivity index (χ4n) is 1.15. The summed E-state index contributed by atoms with van der Waals surface area (Å²) >= 11 is 0. The van der Waals surface area contributed by atoms with Crippen LogP contribution >= 0.6 is 0 Å². The normalized spacial score (nSPS) is 11.8. The monoisotopic (exact) mass is 250 g/mol. The highest BCUT2D eigenvalue weighted by Crippen LogP contribution is 2.24. The Kier molecular flexibility index (Phi) is 3.98. The molecule has 0 spiro atoms. The molecule has 0 atom stereocenters. The van der Waals surface area contributed by atoms with E-state index in [1.54, 1.807) is 0 Å². The summed E-state index contributed by atoms with van der Waals surface area (Å²) in [4.78, 5) is 10.4. The number of halogens is 5. The third-order valence-corrected chi connectivity index (χ3v) is 2.13. The van der Waals surface area contributed by atoms with Crippen LogP contribution in [0.4, 0.5) is 22.0 Å². The van der Waals surface area contributed by atoms with Crippen LogP contribution in [0, 0.1) is 29.1 Å². The minimum absolute atomic E-state index is 0.0757. The van der Waals surface area contributed by atoms with Crippen molar-refractivity contribution in [2.45, 2.75) is 13.3 Å². The predicted octanol–water partition coefficient (Wildman–Crippen LogP) is 3.37. The Labute approximate surface area is 93.6 Å². The highest BCUT2D eigenvalue weighted by molar-refractivity contribution is 5.81. The van der Waals surface area contributed by atoms with Crippen LogP contribution in [0.1, 0.15) is 18.9 Å². The van der Waals surface area contributed by atoms with Gasteiger partial charge in [0, 0.05) is 0 Å². The molecule has 6 heteroatoms. The lowest BCUT2D eigenvalue weighted by atomic mass is 10.1. The van der Waals surface area contributed by atoms with E-state index in [-0.39, 0.29) is 18.3 Å². The van der Waals surface area contributed by atoms with Crippen molar-refractivity contribution in [3.05, 3.63) is 40.2 Å². The van der Waals surface area contributed by atoms with Crippen LogP contribution in [0.25, 0.3) is 6.08 Å². The number of hydrogen-bond acceptors (Lipinski definition) is 1. The van der Waals surface area contributed by atoms with Gasteiger partial charge in [0.25, 0.3) is 0 Å². The molecule has 1 aromatic rings. The van der Waals surface area contributed by atoms with Gasteiger partial charge in [0.05, 0.1) is 5.56 Å². The van der Waals surface area contributed by atoms with Gasteiger partial charge in [-0.15, -0.1) is 0 Å². The molecule has 0 saturated carbocycles. The average Bonchev–Trinajstić information content (AvgIpc) is 2.34. The lowest BCUT2D eigenvalue weighted by Gasteiger charge is -2.05. The number of hydrogen-bond donors (Lipinski definition) is 0. The van der Waals surface area contributed by atoms with Gasteiger partial charge >= 0.3 is 0 Å². The van der Waals surface area contributed by atoms with E-state index >= 15 is 0 Å². The predicted molar refractivity (Wildman–Crippen MR) is 50.6 cm³/mol. The first-order chi connectivity index (χ1) is 7.93. The van der Waals surface area contributed by atoms with Crippen LogP contribution in [0.15, 0.2) is 5.57 Å². The molecule has 1 aromatic carbocycles. The zero-order chi connectivity index (χ0) is 13.2. The zero-order valence-corrected chi connectivity index (χ0v) is 8.66. The molecule has 0 N–H and O–H groups in total. The van der Waals surface area contributed by atoms with E-state index < -0.39 is 34.6 Å². The summed E-state index contributed by atoms with van der Waals surface area (Å²) in [5, 5.41) is 0. The Morgan fingerprint density at radius 2 is 1.35 bits per heavy atom. The molecule has 0 aliphatic carbocycles. The van der Waals surface area contributed by atoms with Crippen molar-refractivity contribution in [3.63, 3.8) is 0 Å². The summed E-state index contributed by atoms with van der Waals surface area (Å²) in [5.41, 5.74) is -1.18. The first kappa shape index (κ1) is 13.3. The first-order valence-electron chi connectivity index (χ1n) is 4.61. The van der Waals surface area contributed by atoms with Gasteiger partial charge in [0.2, 0.25) is 5.82 Å². The molecular weight excluding hydrogens is 243 g/mol. The number of aldehydes is 1. The molecule has 0 aliphatic rings. The topological polar surface area (TPSA) is 17.1 Å². The fourth-order valence-corrected chi connectivity index (χ4v) is 1.15. The van der Waals surface area contributed by atoms with E-state index in [1.807, 2.05) is 0 Å². The van der Waals surface area contributed by atoms with Gasteiger partial charge in [0.15, 0.2) is 23.3 Å². The summed E-state index contributed by atoms with van der Waals surface area (Å²) < 4.78 is 64.6. The summed E-state index contributed by atoms with van der Waals surface area (Å²) in [6, 6.07) is 0. The highest BCUT2D eigenvalue weighted by atomic mass is 19.2. The molecule has 0 fully saturated rings. The SMILES string of the molecule is CCC(C=O)=Cc1c(F)c(F)c(F)c(F)c1F. The second-order valence-corrected chi connectivity index (χ2v) is 3.17. The van der Waals surface area contributed by atoms with Crippen LogP contribution in [-0.4, -0.2) is 6.29 Å². The van der Waals surface area contributed by atoms with E-state index in [0.717, 1.165) is 0 Å². The number of rotatable bonds is 3. The lowest BCUT2D eigenvalue weighted by Crippen LogP contribution is -2.04. The number of benzene rings is 1. The van der Waals surface area contributed by atoms with E-state index in [0.29, 0.717) is 6.08 Å². The number of carbonyl (C=O) groups excluding carboxylic acids is 1. The Morgan fingerprint density at radius 3 is 1.71 bits per heavy atom. The average molecular weight is 250 g/mol. The second-order valence-electron chi connectivity index (χ2n) is 3.17. The van der Waals surface area contributed by atoms with Crippen molar-refractivity contribution in [1.82, 2.24) is 0 Å². The summed E-state index contributed by atoms with van der Waals surface area (Å²) in [7, 11) is 0. The number of carbonyl (C=O) groups is 1. The summed E-state index contributed by atoms with van der Waals surface area (Å²) in [6.07, 6.45) is 1.05. The summed E-state index contributed by atoms with van der Waals surface area (Å²) in [6.45, 7) is 1.51. The maximum Gasteiger partial charge on any atom is 0.200 e. The van der Waals surface area contributed by atoms with Crippen molar-refractivity contribution in [2.75, 3.05) is 0 Å². The quantitative estimate of drug-likeness (QED) is 0.264. The van der Waals surface area contributed by atoms with Crippen LogP contribution in [0.3, 0.4) is 0 Å². The van der Waals surface area contributed by atoms with E-state index in [9.17, 15) is 26.7 Å². The smallest absolute Gasteiger partial charge is 0.200 e. The van der Waals surface area contributed by atoms with Crippen molar-refractivity contribution in [1.29, 1.82) is 0 Å². The second kappa shape index (κ2) is 5.07. The molecule has 92 valence electrons. The number of allylic oxidation sites excluding steroid dienone is 1. The first-order valence-corrected chi connectivity index (χ1v) is 4.61. The molecule has 1 rings (SSSR count). The van der Waals surface area contributed by atoms with E-state index in [1.165, 1.54) is 6.92 Å². The third kappa shape index (κ3) is 2.35. The zero-order valence-electron chi connectivity index (χ0n) is 8.66. The molecule has 0 heterocycles. The van der Waals surface area contributed by atoms with Crippen LogP contribution in [0.2, 0.25) is 0 Å². The molecule has 0 bridgehead atoms. The minimum atomic E-state index is -2.22. The van der Waals surface area contributed by atoms with Gasteiger partial charge in [-0.1, -0.05) is 6.92 Å².